The molecule has 3 aromatic rings. The van der Waals surface area contributed by atoms with Gasteiger partial charge in [0.2, 0.25) is 0 Å². The van der Waals surface area contributed by atoms with Crippen molar-refractivity contribution in [1.29, 1.82) is 0 Å². The molecule has 3 rings (SSSR count). The third kappa shape index (κ3) is 7.25. The lowest BCUT2D eigenvalue weighted by Gasteiger charge is -2.28. The summed E-state index contributed by atoms with van der Waals surface area (Å²) in [4.78, 5) is 26.2. The minimum atomic E-state index is -0.786. The predicted octanol–water partition coefficient (Wildman–Crippen LogP) is 4.09. The van der Waals surface area contributed by atoms with Crippen LogP contribution in [0.25, 0.3) is 0 Å². The standard InChI is InChI=1S/C22H28O6.C7H8N2O3/c1-7-19(23)28-14(2)20(15-10-8-12-17(24-3)21(15)26-5)16-11-9-13-18(25-4)22(16)27-6;1-12-4-2-3-9-5(6(4)10)7(8)11/h8-14,20H,7H2,1-6H3;2-3,10H,1H3,(H2,8,11). The van der Waals surface area contributed by atoms with Gasteiger partial charge in [0.15, 0.2) is 40.2 Å². The van der Waals surface area contributed by atoms with Gasteiger partial charge < -0.3 is 39.3 Å². The van der Waals surface area contributed by atoms with E-state index in [-0.39, 0.29) is 29.1 Å². The molecule has 2 aromatic carbocycles. The SMILES string of the molecule is CCC(=O)OC(C)C(c1cccc(OC)c1OC)c1cccc(OC)c1OC.COc1ccnc(C(N)=O)c1O. The van der Waals surface area contributed by atoms with Crippen LogP contribution < -0.4 is 29.4 Å². The topological polar surface area (TPSA) is 149 Å². The van der Waals surface area contributed by atoms with Crippen molar-refractivity contribution in [3.63, 3.8) is 0 Å². The number of para-hydroxylation sites is 2. The van der Waals surface area contributed by atoms with Crippen molar-refractivity contribution in [3.05, 3.63) is 65.5 Å². The number of primary amides is 1. The van der Waals surface area contributed by atoms with Crippen LogP contribution in [0.5, 0.6) is 34.5 Å². The number of aromatic hydroxyl groups is 1. The Bertz CT molecular complexity index is 1240. The Balaban J connectivity index is 0.000000389. The van der Waals surface area contributed by atoms with Crippen LogP contribution in [0.1, 0.15) is 47.8 Å². The number of ether oxygens (including phenoxy) is 6. The highest BCUT2D eigenvalue weighted by Crippen LogP contribution is 2.45. The summed E-state index contributed by atoms with van der Waals surface area (Å²) in [6.07, 6.45) is 1.15. The zero-order chi connectivity index (χ0) is 29.8. The number of esters is 1. The molecule has 11 nitrogen and oxygen atoms in total. The van der Waals surface area contributed by atoms with Gasteiger partial charge in [-0.1, -0.05) is 31.2 Å². The lowest BCUT2D eigenvalue weighted by Crippen LogP contribution is -2.24. The normalized spacial score (nSPS) is 11.0. The van der Waals surface area contributed by atoms with Crippen LogP contribution in [0.2, 0.25) is 0 Å². The van der Waals surface area contributed by atoms with Crippen molar-refractivity contribution in [3.8, 4) is 34.5 Å². The lowest BCUT2D eigenvalue weighted by molar-refractivity contribution is -0.148. The van der Waals surface area contributed by atoms with E-state index in [1.165, 1.54) is 19.4 Å². The number of carbonyl (C=O) groups excluding carboxylic acids is 2. The van der Waals surface area contributed by atoms with Crippen LogP contribution in [0.4, 0.5) is 0 Å². The monoisotopic (exact) mass is 556 g/mol. The van der Waals surface area contributed by atoms with E-state index in [1.54, 1.807) is 35.4 Å². The second kappa shape index (κ2) is 15.1. The van der Waals surface area contributed by atoms with E-state index < -0.39 is 12.0 Å². The third-order valence-electron chi connectivity index (χ3n) is 5.95. The molecule has 1 unspecified atom stereocenters. The molecule has 3 N–H and O–H groups in total. The molecule has 1 atom stereocenters. The fourth-order valence-electron chi connectivity index (χ4n) is 4.13. The minimum absolute atomic E-state index is 0.179. The Hall–Kier alpha value is -4.67. The number of hydrogen-bond donors (Lipinski definition) is 2. The maximum absolute atomic E-state index is 12.0. The Morgan fingerprint density at radius 3 is 1.73 bits per heavy atom. The first-order valence-corrected chi connectivity index (χ1v) is 12.3. The maximum atomic E-state index is 12.0. The van der Waals surface area contributed by atoms with Gasteiger partial charge >= 0.3 is 5.97 Å². The van der Waals surface area contributed by atoms with Gasteiger partial charge in [-0.05, 0) is 19.1 Å². The van der Waals surface area contributed by atoms with Crippen molar-refractivity contribution < 1.29 is 43.1 Å². The molecule has 11 heteroatoms. The van der Waals surface area contributed by atoms with Crippen LogP contribution in [-0.2, 0) is 9.53 Å². The van der Waals surface area contributed by atoms with Crippen LogP contribution in [0, 0.1) is 0 Å². The largest absolute Gasteiger partial charge is 0.503 e. The maximum Gasteiger partial charge on any atom is 0.305 e. The fourth-order valence-corrected chi connectivity index (χ4v) is 4.13. The van der Waals surface area contributed by atoms with Crippen molar-refractivity contribution in [2.75, 3.05) is 35.5 Å². The van der Waals surface area contributed by atoms with Crippen LogP contribution in [0.15, 0.2) is 48.7 Å². The van der Waals surface area contributed by atoms with Crippen LogP contribution in [0.3, 0.4) is 0 Å². The van der Waals surface area contributed by atoms with E-state index >= 15 is 0 Å². The van der Waals surface area contributed by atoms with Crippen molar-refractivity contribution in [2.45, 2.75) is 32.3 Å². The summed E-state index contributed by atoms with van der Waals surface area (Å²) < 4.78 is 32.6. The number of aromatic nitrogens is 1. The highest BCUT2D eigenvalue weighted by molar-refractivity contribution is 5.94. The van der Waals surface area contributed by atoms with Crippen LogP contribution >= 0.6 is 0 Å². The highest BCUT2D eigenvalue weighted by Gasteiger charge is 2.32. The zero-order valence-corrected chi connectivity index (χ0v) is 23.7. The predicted molar refractivity (Wildman–Crippen MR) is 148 cm³/mol. The molecule has 0 saturated carbocycles. The van der Waals surface area contributed by atoms with E-state index in [2.05, 4.69) is 4.98 Å². The van der Waals surface area contributed by atoms with Gasteiger partial charge in [0, 0.05) is 29.8 Å². The van der Waals surface area contributed by atoms with Gasteiger partial charge in [0.05, 0.1) is 41.5 Å². The quantitative estimate of drug-likeness (QED) is 0.331. The molecular formula is C29H36N2O9. The fraction of sp³-hybridized carbons (Fsp3) is 0.345. The molecule has 1 aromatic heterocycles. The Kier molecular flexibility index (Phi) is 11.9. The van der Waals surface area contributed by atoms with E-state index in [0.29, 0.717) is 29.4 Å². The molecule has 216 valence electrons. The second-order valence-electron chi connectivity index (χ2n) is 8.27. The van der Waals surface area contributed by atoms with Crippen LogP contribution in [-0.4, -0.2) is 63.6 Å². The first-order chi connectivity index (χ1) is 19.2. The second-order valence-corrected chi connectivity index (χ2v) is 8.27. The number of nitrogens with zero attached hydrogens (tertiary/aromatic N) is 1. The Labute approximate surface area is 233 Å². The highest BCUT2D eigenvalue weighted by atomic mass is 16.5. The van der Waals surface area contributed by atoms with E-state index in [4.69, 9.17) is 34.2 Å². The van der Waals surface area contributed by atoms with Crippen molar-refractivity contribution in [1.82, 2.24) is 4.98 Å². The van der Waals surface area contributed by atoms with Crippen molar-refractivity contribution in [2.24, 2.45) is 5.73 Å². The summed E-state index contributed by atoms with van der Waals surface area (Å²) in [5.41, 5.74) is 6.38. The number of carbonyl (C=O) groups is 2. The third-order valence-corrected chi connectivity index (χ3v) is 5.95. The van der Waals surface area contributed by atoms with E-state index in [1.807, 2.05) is 43.3 Å². The van der Waals surface area contributed by atoms with Gasteiger partial charge in [-0.25, -0.2) is 4.98 Å². The summed E-state index contributed by atoms with van der Waals surface area (Å²) >= 11 is 0. The Morgan fingerprint density at radius 2 is 1.32 bits per heavy atom. The number of hydrogen-bond acceptors (Lipinski definition) is 10. The number of pyridine rings is 1. The number of rotatable bonds is 11. The summed E-state index contributed by atoms with van der Waals surface area (Å²) in [6.45, 7) is 3.62. The van der Waals surface area contributed by atoms with Gasteiger partial charge in [-0.15, -0.1) is 0 Å². The first-order valence-electron chi connectivity index (χ1n) is 12.3. The number of benzene rings is 2. The molecular weight excluding hydrogens is 520 g/mol. The molecule has 40 heavy (non-hydrogen) atoms. The van der Waals surface area contributed by atoms with Crippen molar-refractivity contribution >= 4 is 11.9 Å². The summed E-state index contributed by atoms with van der Waals surface area (Å²) in [6, 6.07) is 12.7. The average Bonchev–Trinajstić information content (AvgIpc) is 2.96. The van der Waals surface area contributed by atoms with Gasteiger partial charge in [-0.2, -0.15) is 0 Å². The average molecular weight is 557 g/mol. The number of methoxy groups -OCH3 is 5. The zero-order valence-electron chi connectivity index (χ0n) is 23.7. The molecule has 0 radical (unpaired) electrons. The molecule has 0 aliphatic heterocycles. The molecule has 0 bridgehead atoms. The first kappa shape index (κ1) is 31.5. The smallest absolute Gasteiger partial charge is 0.305 e. The molecule has 0 aliphatic rings. The van der Waals surface area contributed by atoms with Gasteiger partial charge in [-0.3, -0.25) is 9.59 Å². The summed E-state index contributed by atoms with van der Waals surface area (Å²) in [7, 11) is 7.72. The van der Waals surface area contributed by atoms with Gasteiger partial charge in [0.1, 0.15) is 6.10 Å². The van der Waals surface area contributed by atoms with E-state index in [0.717, 1.165) is 11.1 Å². The van der Waals surface area contributed by atoms with Gasteiger partial charge in [0.25, 0.3) is 5.91 Å². The Morgan fingerprint density at radius 1 is 0.825 bits per heavy atom. The summed E-state index contributed by atoms with van der Waals surface area (Å²) in [5.74, 6) is 0.796. The number of nitrogens with two attached hydrogens (primary N) is 1. The molecule has 0 aliphatic carbocycles. The molecule has 0 spiro atoms. The number of amides is 1. The molecule has 0 saturated heterocycles. The minimum Gasteiger partial charge on any atom is -0.503 e. The van der Waals surface area contributed by atoms with E-state index in [9.17, 15) is 14.7 Å². The summed E-state index contributed by atoms with van der Waals surface area (Å²) in [5, 5.41) is 9.27. The molecule has 1 amide bonds. The molecule has 0 fully saturated rings. The molecule has 1 heterocycles. The lowest BCUT2D eigenvalue weighted by atomic mass is 9.85.